The van der Waals surface area contributed by atoms with Crippen molar-refractivity contribution in [3.63, 3.8) is 0 Å². The highest BCUT2D eigenvalue weighted by atomic mass is 35.5. The average molecular weight is 256 g/mol. The molecule has 2 rings (SSSR count). The summed E-state index contributed by atoms with van der Waals surface area (Å²) < 4.78 is 0. The molecule has 17 heavy (non-hydrogen) atoms. The molecule has 0 bridgehead atoms. The van der Waals surface area contributed by atoms with Crippen LogP contribution in [0.1, 0.15) is 5.56 Å². The molecule has 4 nitrogen and oxygen atoms in total. The lowest BCUT2D eigenvalue weighted by atomic mass is 10.1. The standard InChI is InChI=1S/C12H17N3O.ClH/c16-12(10-11-4-2-1-3-5-11)14-15-8-6-13-7-9-15;/h1-5,13H,6-10H2,(H,14,16);1H. The fourth-order valence-corrected chi connectivity index (χ4v) is 1.77. The van der Waals surface area contributed by atoms with Crippen molar-refractivity contribution in [3.05, 3.63) is 35.9 Å². The summed E-state index contributed by atoms with van der Waals surface area (Å²) in [6.07, 6.45) is 0.449. The lowest BCUT2D eigenvalue weighted by molar-refractivity contribution is -0.125. The molecule has 0 saturated carbocycles. The van der Waals surface area contributed by atoms with Gasteiger partial charge in [-0.05, 0) is 5.56 Å². The van der Waals surface area contributed by atoms with Gasteiger partial charge in [0.15, 0.2) is 0 Å². The minimum Gasteiger partial charge on any atom is -0.314 e. The molecular formula is C12H18ClN3O. The molecule has 1 amide bonds. The van der Waals surface area contributed by atoms with Crippen LogP contribution in [0.25, 0.3) is 0 Å². The molecule has 0 aromatic heterocycles. The summed E-state index contributed by atoms with van der Waals surface area (Å²) in [5, 5.41) is 5.22. The number of halogens is 1. The molecule has 0 unspecified atom stereocenters. The van der Waals surface area contributed by atoms with Crippen LogP contribution in [0.5, 0.6) is 0 Å². The number of rotatable bonds is 3. The van der Waals surface area contributed by atoms with Crippen LogP contribution in [0, 0.1) is 0 Å². The van der Waals surface area contributed by atoms with Crippen molar-refractivity contribution in [2.45, 2.75) is 6.42 Å². The molecule has 1 saturated heterocycles. The molecule has 0 aliphatic carbocycles. The van der Waals surface area contributed by atoms with E-state index < -0.39 is 0 Å². The number of benzene rings is 1. The predicted molar refractivity (Wildman–Crippen MR) is 70.0 cm³/mol. The molecule has 1 heterocycles. The van der Waals surface area contributed by atoms with Gasteiger partial charge in [-0.15, -0.1) is 12.4 Å². The van der Waals surface area contributed by atoms with Crippen molar-refractivity contribution in [1.82, 2.24) is 15.8 Å². The zero-order valence-corrected chi connectivity index (χ0v) is 10.5. The first kappa shape index (κ1) is 14.0. The van der Waals surface area contributed by atoms with E-state index in [0.29, 0.717) is 6.42 Å². The first-order chi connectivity index (χ1) is 7.84. The van der Waals surface area contributed by atoms with Gasteiger partial charge in [-0.2, -0.15) is 0 Å². The zero-order chi connectivity index (χ0) is 11.2. The Labute approximate surface area is 108 Å². The second kappa shape index (κ2) is 7.27. The van der Waals surface area contributed by atoms with Crippen molar-refractivity contribution in [2.75, 3.05) is 26.2 Å². The molecule has 0 atom stereocenters. The molecular weight excluding hydrogens is 238 g/mol. The number of hydrazine groups is 1. The van der Waals surface area contributed by atoms with Gasteiger partial charge in [0.1, 0.15) is 0 Å². The Balaban J connectivity index is 0.00000144. The number of hydrogen-bond acceptors (Lipinski definition) is 3. The fraction of sp³-hybridized carbons (Fsp3) is 0.417. The van der Waals surface area contributed by atoms with Gasteiger partial charge in [0, 0.05) is 26.2 Å². The number of carbonyl (C=O) groups is 1. The van der Waals surface area contributed by atoms with Crippen molar-refractivity contribution in [2.24, 2.45) is 0 Å². The van der Waals surface area contributed by atoms with Crippen LogP contribution in [-0.4, -0.2) is 37.1 Å². The summed E-state index contributed by atoms with van der Waals surface area (Å²) in [6.45, 7) is 3.62. The molecule has 5 heteroatoms. The number of piperazine rings is 1. The Morgan fingerprint density at radius 1 is 1.24 bits per heavy atom. The van der Waals surface area contributed by atoms with Gasteiger partial charge in [-0.25, -0.2) is 5.01 Å². The van der Waals surface area contributed by atoms with Crippen molar-refractivity contribution < 1.29 is 4.79 Å². The van der Waals surface area contributed by atoms with E-state index >= 15 is 0 Å². The van der Waals surface area contributed by atoms with Crippen LogP contribution in [0.3, 0.4) is 0 Å². The highest BCUT2D eigenvalue weighted by Gasteiger charge is 2.12. The molecule has 1 aromatic carbocycles. The van der Waals surface area contributed by atoms with Gasteiger partial charge in [0.05, 0.1) is 6.42 Å². The van der Waals surface area contributed by atoms with E-state index in [2.05, 4.69) is 10.7 Å². The molecule has 1 fully saturated rings. The predicted octanol–water partition coefficient (Wildman–Crippen LogP) is 0.587. The number of nitrogens with one attached hydrogen (secondary N) is 2. The number of nitrogens with zero attached hydrogens (tertiary/aromatic N) is 1. The third-order valence-corrected chi connectivity index (χ3v) is 2.61. The summed E-state index contributed by atoms with van der Waals surface area (Å²) in [7, 11) is 0. The second-order valence-corrected chi connectivity index (χ2v) is 3.93. The summed E-state index contributed by atoms with van der Waals surface area (Å²) in [5.41, 5.74) is 3.97. The van der Waals surface area contributed by atoms with Gasteiger partial charge in [-0.3, -0.25) is 10.2 Å². The minimum absolute atomic E-state index is 0. The first-order valence-corrected chi connectivity index (χ1v) is 5.64. The molecule has 0 radical (unpaired) electrons. The lowest BCUT2D eigenvalue weighted by Crippen LogP contribution is -2.52. The van der Waals surface area contributed by atoms with Crippen molar-refractivity contribution in [1.29, 1.82) is 0 Å². The van der Waals surface area contributed by atoms with E-state index in [9.17, 15) is 4.79 Å². The fourth-order valence-electron chi connectivity index (χ4n) is 1.77. The molecule has 0 spiro atoms. The molecule has 1 aliphatic rings. The number of hydrogen-bond donors (Lipinski definition) is 2. The van der Waals surface area contributed by atoms with Crippen LogP contribution in [0.4, 0.5) is 0 Å². The minimum atomic E-state index is 0. The first-order valence-electron chi connectivity index (χ1n) is 5.64. The molecule has 94 valence electrons. The smallest absolute Gasteiger partial charge is 0.238 e. The van der Waals surface area contributed by atoms with Crippen LogP contribution in [-0.2, 0) is 11.2 Å². The molecule has 2 N–H and O–H groups in total. The van der Waals surface area contributed by atoms with E-state index in [-0.39, 0.29) is 18.3 Å². The number of amides is 1. The van der Waals surface area contributed by atoms with Gasteiger partial charge < -0.3 is 5.32 Å². The summed E-state index contributed by atoms with van der Waals surface area (Å²) >= 11 is 0. The van der Waals surface area contributed by atoms with Crippen molar-refractivity contribution in [3.8, 4) is 0 Å². The largest absolute Gasteiger partial charge is 0.314 e. The average Bonchev–Trinajstić information content (AvgIpc) is 2.31. The van der Waals surface area contributed by atoms with Gasteiger partial charge in [-0.1, -0.05) is 30.3 Å². The van der Waals surface area contributed by atoms with Crippen LogP contribution in [0.2, 0.25) is 0 Å². The van der Waals surface area contributed by atoms with E-state index in [1.54, 1.807) is 0 Å². The maximum absolute atomic E-state index is 11.7. The van der Waals surface area contributed by atoms with E-state index in [1.807, 2.05) is 35.3 Å². The van der Waals surface area contributed by atoms with Crippen molar-refractivity contribution >= 4 is 18.3 Å². The van der Waals surface area contributed by atoms with E-state index in [4.69, 9.17) is 0 Å². The highest BCUT2D eigenvalue weighted by molar-refractivity contribution is 5.85. The highest BCUT2D eigenvalue weighted by Crippen LogP contribution is 1.99. The molecule has 1 aromatic rings. The maximum Gasteiger partial charge on any atom is 0.238 e. The van der Waals surface area contributed by atoms with Crippen LogP contribution in [0.15, 0.2) is 30.3 Å². The number of carbonyl (C=O) groups excluding carboxylic acids is 1. The van der Waals surface area contributed by atoms with Gasteiger partial charge in [0.25, 0.3) is 0 Å². The Hall–Kier alpha value is -1.10. The lowest BCUT2D eigenvalue weighted by Gasteiger charge is -2.27. The second-order valence-electron chi connectivity index (χ2n) is 3.93. The normalized spacial score (nSPS) is 16.0. The Morgan fingerprint density at radius 3 is 2.53 bits per heavy atom. The summed E-state index contributed by atoms with van der Waals surface area (Å²) in [5.74, 6) is 0.0631. The monoisotopic (exact) mass is 255 g/mol. The van der Waals surface area contributed by atoms with E-state index in [0.717, 1.165) is 31.7 Å². The third-order valence-electron chi connectivity index (χ3n) is 2.61. The van der Waals surface area contributed by atoms with Crippen LogP contribution < -0.4 is 10.7 Å². The topological polar surface area (TPSA) is 44.4 Å². The Morgan fingerprint density at radius 2 is 1.88 bits per heavy atom. The Kier molecular flexibility index (Phi) is 5.97. The van der Waals surface area contributed by atoms with E-state index in [1.165, 1.54) is 0 Å². The van der Waals surface area contributed by atoms with Crippen LogP contribution >= 0.6 is 12.4 Å². The van der Waals surface area contributed by atoms with Gasteiger partial charge in [0.2, 0.25) is 5.91 Å². The Bertz CT molecular complexity index is 339. The molecule has 1 aliphatic heterocycles. The summed E-state index contributed by atoms with van der Waals surface area (Å²) in [4.78, 5) is 11.7. The zero-order valence-electron chi connectivity index (χ0n) is 9.69. The quantitative estimate of drug-likeness (QED) is 0.831. The summed E-state index contributed by atoms with van der Waals surface area (Å²) in [6, 6.07) is 9.80. The SMILES string of the molecule is Cl.O=C(Cc1ccccc1)NN1CCNCC1. The maximum atomic E-state index is 11.7. The van der Waals surface area contributed by atoms with Gasteiger partial charge >= 0.3 is 0 Å². The third kappa shape index (κ3) is 4.73.